The summed E-state index contributed by atoms with van der Waals surface area (Å²) in [5, 5.41) is 8.46. The molecule has 0 aromatic carbocycles. The van der Waals surface area contributed by atoms with E-state index in [1.807, 2.05) is 66.1 Å². The molecular formula is C31H44Br2N4O5S2. The third-order valence-corrected chi connectivity index (χ3v) is 10.7. The number of nitrogens with one attached hydrogen (secondary N) is 1. The normalized spacial score (nSPS) is 17.1. The number of nitrogens with zero attached hydrogens (tertiary/aromatic N) is 3. The fraction of sp³-hybridized carbons (Fsp3) is 0.613. The van der Waals surface area contributed by atoms with E-state index in [1.165, 1.54) is 11.3 Å². The molecule has 0 spiro atoms. The zero-order valence-corrected chi connectivity index (χ0v) is 31.4. The molecule has 2 aliphatic heterocycles. The number of thiophene rings is 2. The molecule has 0 atom stereocenters. The van der Waals surface area contributed by atoms with E-state index >= 15 is 0 Å². The summed E-state index contributed by atoms with van der Waals surface area (Å²) in [7, 11) is 1.82. The lowest BCUT2D eigenvalue weighted by Gasteiger charge is -2.33. The Kier molecular flexibility index (Phi) is 13.3. The molecule has 2 aliphatic rings. The molecule has 0 aliphatic carbocycles. The molecule has 4 heterocycles. The molecule has 0 bridgehead atoms. The number of halogens is 2. The standard InChI is InChI=1S/C16H24BrN3O2S.C15H20BrNO3S/c1-16(2,3)22-15(21)20-8-5-11(6-9-20)13(19-18-4)14-12(17)7-10-23-14;1-15(2,3)20-14(19)17-7-4-10(5-8-17)12(18)13-11(16)6-9-21-13/h7,10-11,18H,5-6,8-9H2,1-4H3;6,9-10H,4-5,7-8H2,1-3H3/b19-13+;. The number of carbonyl (C=O) groups is 3. The third kappa shape index (κ3) is 10.8. The maximum absolute atomic E-state index is 12.4. The molecule has 2 fully saturated rings. The molecule has 4 rings (SSSR count). The van der Waals surface area contributed by atoms with Crippen LogP contribution in [-0.4, -0.2) is 77.9 Å². The van der Waals surface area contributed by atoms with Gasteiger partial charge >= 0.3 is 12.2 Å². The second kappa shape index (κ2) is 16.0. The van der Waals surface area contributed by atoms with Crippen molar-refractivity contribution in [1.82, 2.24) is 15.2 Å². The number of hydrogen-bond donors (Lipinski definition) is 1. The lowest BCUT2D eigenvalue weighted by atomic mass is 9.91. The largest absolute Gasteiger partial charge is 0.444 e. The van der Waals surface area contributed by atoms with E-state index in [2.05, 4.69) is 47.8 Å². The zero-order chi connectivity index (χ0) is 32.7. The topological polar surface area (TPSA) is 101 Å². The zero-order valence-electron chi connectivity index (χ0n) is 26.6. The molecule has 244 valence electrons. The van der Waals surface area contributed by atoms with Gasteiger partial charge in [-0.1, -0.05) is 0 Å². The lowest BCUT2D eigenvalue weighted by Crippen LogP contribution is -2.43. The summed E-state index contributed by atoms with van der Waals surface area (Å²) in [6, 6.07) is 3.94. The molecule has 2 aromatic rings. The second-order valence-electron chi connectivity index (χ2n) is 12.8. The van der Waals surface area contributed by atoms with Crippen molar-refractivity contribution in [3.63, 3.8) is 0 Å². The number of piperidine rings is 2. The van der Waals surface area contributed by atoms with Crippen LogP contribution >= 0.6 is 54.5 Å². The smallest absolute Gasteiger partial charge is 0.410 e. The Morgan fingerprint density at radius 2 is 1.18 bits per heavy atom. The third-order valence-electron chi connectivity index (χ3n) is 6.97. The van der Waals surface area contributed by atoms with Crippen LogP contribution in [0.15, 0.2) is 36.9 Å². The van der Waals surface area contributed by atoms with Gasteiger partial charge in [0.05, 0.1) is 15.5 Å². The maximum Gasteiger partial charge on any atom is 0.410 e. The van der Waals surface area contributed by atoms with Crippen molar-refractivity contribution >= 4 is 78.2 Å². The summed E-state index contributed by atoms with van der Waals surface area (Å²) in [5.41, 5.74) is 3.05. The number of ether oxygens (including phenoxy) is 2. The van der Waals surface area contributed by atoms with Crippen LogP contribution in [0.25, 0.3) is 0 Å². The Balaban J connectivity index is 0.000000241. The van der Waals surface area contributed by atoms with E-state index in [9.17, 15) is 14.4 Å². The summed E-state index contributed by atoms with van der Waals surface area (Å²) in [5.74, 6) is 0.524. The molecular weight excluding hydrogens is 732 g/mol. The molecule has 0 unspecified atom stereocenters. The van der Waals surface area contributed by atoms with Crippen LogP contribution in [-0.2, 0) is 9.47 Å². The molecule has 9 nitrogen and oxygen atoms in total. The van der Waals surface area contributed by atoms with Crippen molar-refractivity contribution in [2.45, 2.75) is 78.4 Å². The number of ketones is 1. The van der Waals surface area contributed by atoms with E-state index in [-0.39, 0.29) is 23.9 Å². The number of rotatable bonds is 5. The van der Waals surface area contributed by atoms with E-state index < -0.39 is 11.2 Å². The van der Waals surface area contributed by atoms with Crippen LogP contribution in [0.4, 0.5) is 9.59 Å². The summed E-state index contributed by atoms with van der Waals surface area (Å²) < 4.78 is 12.8. The Labute approximate surface area is 286 Å². The fourth-order valence-corrected chi connectivity index (χ4v) is 8.12. The molecule has 2 saturated heterocycles. The van der Waals surface area contributed by atoms with Gasteiger partial charge in [-0.3, -0.25) is 4.79 Å². The van der Waals surface area contributed by atoms with Gasteiger partial charge in [0.2, 0.25) is 0 Å². The molecule has 44 heavy (non-hydrogen) atoms. The van der Waals surface area contributed by atoms with Crippen molar-refractivity contribution in [2.24, 2.45) is 16.9 Å². The summed E-state index contributed by atoms with van der Waals surface area (Å²) >= 11 is 10.1. The van der Waals surface area contributed by atoms with Crippen molar-refractivity contribution in [3.8, 4) is 0 Å². The Hall–Kier alpha value is -1.96. The molecule has 13 heteroatoms. The highest BCUT2D eigenvalue weighted by Gasteiger charge is 2.32. The fourth-order valence-electron chi connectivity index (χ4n) is 4.89. The summed E-state index contributed by atoms with van der Waals surface area (Å²) in [4.78, 5) is 42.0. The maximum atomic E-state index is 12.4. The van der Waals surface area contributed by atoms with Crippen LogP contribution < -0.4 is 5.43 Å². The van der Waals surface area contributed by atoms with Gasteiger partial charge in [0.25, 0.3) is 0 Å². The summed E-state index contributed by atoms with van der Waals surface area (Å²) in [6.07, 6.45) is 2.67. The van der Waals surface area contributed by atoms with Gasteiger partial charge in [-0.05, 0) is 122 Å². The van der Waals surface area contributed by atoms with Gasteiger partial charge in [-0.15, -0.1) is 22.7 Å². The van der Waals surface area contributed by atoms with Gasteiger partial charge in [-0.25, -0.2) is 9.59 Å². The van der Waals surface area contributed by atoms with Gasteiger partial charge in [0.15, 0.2) is 5.78 Å². The van der Waals surface area contributed by atoms with E-state index in [4.69, 9.17) is 9.47 Å². The van der Waals surface area contributed by atoms with Crippen LogP contribution in [0.1, 0.15) is 81.8 Å². The van der Waals surface area contributed by atoms with Gasteiger partial charge < -0.3 is 24.7 Å². The van der Waals surface area contributed by atoms with E-state index in [0.717, 1.165) is 37.3 Å². The van der Waals surface area contributed by atoms with Crippen molar-refractivity contribution in [3.05, 3.63) is 41.6 Å². The van der Waals surface area contributed by atoms with Gasteiger partial charge in [0, 0.05) is 54.0 Å². The molecule has 0 saturated carbocycles. The first-order valence-corrected chi connectivity index (χ1v) is 18.1. The van der Waals surface area contributed by atoms with Crippen molar-refractivity contribution < 1.29 is 23.9 Å². The van der Waals surface area contributed by atoms with Gasteiger partial charge in [-0.2, -0.15) is 5.10 Å². The minimum absolute atomic E-state index is 0.00126. The molecule has 2 aromatic heterocycles. The quantitative estimate of drug-likeness (QED) is 0.186. The number of hydrazone groups is 1. The highest BCUT2D eigenvalue weighted by molar-refractivity contribution is 9.11. The van der Waals surface area contributed by atoms with Gasteiger partial charge in [0.1, 0.15) is 11.2 Å². The second-order valence-corrected chi connectivity index (χ2v) is 16.3. The number of carbonyl (C=O) groups excluding carboxylic acids is 3. The monoisotopic (exact) mass is 774 g/mol. The molecule has 2 amide bonds. The van der Waals surface area contributed by atoms with Crippen LogP contribution in [0.3, 0.4) is 0 Å². The van der Waals surface area contributed by atoms with E-state index in [0.29, 0.717) is 44.9 Å². The van der Waals surface area contributed by atoms with Crippen molar-refractivity contribution in [2.75, 3.05) is 33.2 Å². The van der Waals surface area contributed by atoms with E-state index in [1.54, 1.807) is 21.1 Å². The van der Waals surface area contributed by atoms with Crippen LogP contribution in [0, 0.1) is 11.8 Å². The Morgan fingerprint density at radius 1 is 0.773 bits per heavy atom. The number of Topliss-reactive ketones (excluding diaryl/α,β-unsaturated/α-hetero) is 1. The minimum atomic E-state index is -0.481. The number of amides is 2. The molecule has 1 N–H and O–H groups in total. The highest BCUT2D eigenvalue weighted by atomic mass is 79.9. The average molecular weight is 777 g/mol. The number of likely N-dealkylation sites (tertiary alicyclic amines) is 2. The van der Waals surface area contributed by atoms with Crippen molar-refractivity contribution in [1.29, 1.82) is 0 Å². The lowest BCUT2D eigenvalue weighted by molar-refractivity contribution is 0.0179. The van der Waals surface area contributed by atoms with Crippen LogP contribution in [0.5, 0.6) is 0 Å². The highest BCUT2D eigenvalue weighted by Crippen LogP contribution is 2.31. The average Bonchev–Trinajstić information content (AvgIpc) is 3.57. The molecule has 0 radical (unpaired) electrons. The van der Waals surface area contributed by atoms with Crippen LogP contribution in [0.2, 0.25) is 0 Å². The first kappa shape index (κ1) is 36.5. The SMILES string of the molecule is CC(C)(C)OC(=O)N1CCC(C(=O)c2sccc2Br)CC1.CN/N=C(/c1sccc1Br)C1CCN(C(=O)OC(C)(C)C)CC1. The predicted octanol–water partition coefficient (Wildman–Crippen LogP) is 8.42. The Bertz CT molecular complexity index is 1300. The first-order valence-electron chi connectivity index (χ1n) is 14.8. The minimum Gasteiger partial charge on any atom is -0.444 e. The Morgan fingerprint density at radius 3 is 1.55 bits per heavy atom. The predicted molar refractivity (Wildman–Crippen MR) is 185 cm³/mol. The first-order chi connectivity index (χ1) is 20.6. The summed E-state index contributed by atoms with van der Waals surface area (Å²) in [6.45, 7) is 13.8. The number of hydrogen-bond acceptors (Lipinski definition) is 9.